The fourth-order valence-electron chi connectivity index (χ4n) is 1.52. The SMILES string of the molecule is CN(C)c1cc(NC2COCC2F)ncn1. The Kier molecular flexibility index (Phi) is 3.19. The van der Waals surface area contributed by atoms with Crippen LogP contribution in [0, 0.1) is 0 Å². The van der Waals surface area contributed by atoms with E-state index in [1.807, 2.05) is 19.0 Å². The van der Waals surface area contributed by atoms with Crippen LogP contribution in [0.25, 0.3) is 0 Å². The zero-order valence-electron chi connectivity index (χ0n) is 9.35. The number of aromatic nitrogens is 2. The number of nitrogens with zero attached hydrogens (tertiary/aromatic N) is 3. The maximum atomic E-state index is 13.3. The molecule has 5 nitrogen and oxygen atoms in total. The molecule has 1 fully saturated rings. The third-order valence-electron chi connectivity index (χ3n) is 2.46. The molecule has 0 radical (unpaired) electrons. The van der Waals surface area contributed by atoms with E-state index < -0.39 is 6.17 Å². The first-order chi connectivity index (χ1) is 7.66. The zero-order valence-corrected chi connectivity index (χ0v) is 9.35. The minimum Gasteiger partial charge on any atom is -0.376 e. The first-order valence-corrected chi connectivity index (χ1v) is 5.14. The number of ether oxygens (including phenoxy) is 1. The molecule has 0 saturated carbocycles. The lowest BCUT2D eigenvalue weighted by atomic mass is 10.2. The van der Waals surface area contributed by atoms with Crippen LogP contribution in [0.3, 0.4) is 0 Å². The van der Waals surface area contributed by atoms with Crippen molar-refractivity contribution in [2.75, 3.05) is 37.5 Å². The highest BCUT2D eigenvalue weighted by Gasteiger charge is 2.28. The molecule has 2 unspecified atom stereocenters. The van der Waals surface area contributed by atoms with E-state index in [-0.39, 0.29) is 12.6 Å². The van der Waals surface area contributed by atoms with Crippen LogP contribution >= 0.6 is 0 Å². The van der Waals surface area contributed by atoms with Crippen molar-refractivity contribution in [1.29, 1.82) is 0 Å². The van der Waals surface area contributed by atoms with Gasteiger partial charge in [-0.05, 0) is 0 Å². The van der Waals surface area contributed by atoms with Gasteiger partial charge in [0.25, 0.3) is 0 Å². The Hall–Kier alpha value is -1.43. The summed E-state index contributed by atoms with van der Waals surface area (Å²) < 4.78 is 18.3. The van der Waals surface area contributed by atoms with Gasteiger partial charge in [-0.2, -0.15) is 0 Å². The predicted octanol–water partition coefficient (Wildman–Crippen LogP) is 0.691. The van der Waals surface area contributed by atoms with Crippen molar-refractivity contribution in [2.45, 2.75) is 12.2 Å². The van der Waals surface area contributed by atoms with E-state index in [1.54, 1.807) is 6.07 Å². The third kappa shape index (κ3) is 2.38. The summed E-state index contributed by atoms with van der Waals surface area (Å²) in [5, 5.41) is 3.01. The summed E-state index contributed by atoms with van der Waals surface area (Å²) in [4.78, 5) is 10.00. The van der Waals surface area contributed by atoms with Crippen molar-refractivity contribution >= 4 is 11.6 Å². The molecule has 6 heteroatoms. The number of hydrogen-bond donors (Lipinski definition) is 1. The van der Waals surface area contributed by atoms with Gasteiger partial charge in [0.1, 0.15) is 24.1 Å². The smallest absolute Gasteiger partial charge is 0.146 e. The van der Waals surface area contributed by atoms with Gasteiger partial charge in [-0.3, -0.25) is 0 Å². The summed E-state index contributed by atoms with van der Waals surface area (Å²) >= 11 is 0. The molecule has 88 valence electrons. The second-order valence-corrected chi connectivity index (χ2v) is 3.96. The number of anilines is 2. The highest BCUT2D eigenvalue weighted by Crippen LogP contribution is 2.17. The van der Waals surface area contributed by atoms with Crippen LogP contribution < -0.4 is 10.2 Å². The fraction of sp³-hybridized carbons (Fsp3) is 0.600. The molecule has 0 aromatic carbocycles. The standard InChI is InChI=1S/C10H15FN4O/c1-15(2)10-3-9(12-6-13-10)14-8-5-16-4-7(8)11/h3,6-8H,4-5H2,1-2H3,(H,12,13,14). The monoisotopic (exact) mass is 226 g/mol. The molecule has 1 aliphatic rings. The largest absolute Gasteiger partial charge is 0.376 e. The van der Waals surface area contributed by atoms with Crippen LogP contribution in [0.1, 0.15) is 0 Å². The highest BCUT2D eigenvalue weighted by molar-refractivity contribution is 5.48. The molecule has 1 aromatic heterocycles. The molecule has 1 aliphatic heterocycles. The Morgan fingerprint density at radius 2 is 2.25 bits per heavy atom. The van der Waals surface area contributed by atoms with E-state index in [0.717, 1.165) is 5.82 Å². The van der Waals surface area contributed by atoms with Crippen LogP contribution in [0.15, 0.2) is 12.4 Å². The van der Waals surface area contributed by atoms with Crippen LogP contribution in [0.4, 0.5) is 16.0 Å². The van der Waals surface area contributed by atoms with Gasteiger partial charge in [-0.15, -0.1) is 0 Å². The molecule has 0 aliphatic carbocycles. The van der Waals surface area contributed by atoms with Gasteiger partial charge < -0.3 is 15.0 Å². The van der Waals surface area contributed by atoms with Crippen molar-refractivity contribution in [1.82, 2.24) is 9.97 Å². The second kappa shape index (κ2) is 4.61. The molecule has 2 rings (SSSR count). The molecule has 0 spiro atoms. The summed E-state index contributed by atoms with van der Waals surface area (Å²) in [6.07, 6.45) is 0.485. The van der Waals surface area contributed by atoms with E-state index in [0.29, 0.717) is 12.4 Å². The molecule has 2 heterocycles. The van der Waals surface area contributed by atoms with Crippen molar-refractivity contribution < 1.29 is 9.13 Å². The normalized spacial score (nSPS) is 24.4. The average molecular weight is 226 g/mol. The van der Waals surface area contributed by atoms with Crippen LogP contribution in [0.2, 0.25) is 0 Å². The first-order valence-electron chi connectivity index (χ1n) is 5.14. The Balaban J connectivity index is 2.06. The van der Waals surface area contributed by atoms with Crippen LogP contribution in [-0.4, -0.2) is 49.5 Å². The van der Waals surface area contributed by atoms with Gasteiger partial charge in [0.2, 0.25) is 0 Å². The van der Waals surface area contributed by atoms with Gasteiger partial charge in [0.05, 0.1) is 19.3 Å². The lowest BCUT2D eigenvalue weighted by Gasteiger charge is -2.16. The predicted molar refractivity (Wildman–Crippen MR) is 59.5 cm³/mol. The maximum absolute atomic E-state index is 13.3. The minimum absolute atomic E-state index is 0.156. The first kappa shape index (κ1) is 11.1. The Labute approximate surface area is 93.6 Å². The van der Waals surface area contributed by atoms with Gasteiger partial charge in [0, 0.05) is 20.2 Å². The third-order valence-corrected chi connectivity index (χ3v) is 2.46. The number of hydrogen-bond acceptors (Lipinski definition) is 5. The van der Waals surface area contributed by atoms with Crippen molar-refractivity contribution in [3.05, 3.63) is 12.4 Å². The number of alkyl halides is 1. The molecule has 1 N–H and O–H groups in total. The quantitative estimate of drug-likeness (QED) is 0.821. The summed E-state index contributed by atoms with van der Waals surface area (Å²) in [5.74, 6) is 1.41. The number of nitrogens with one attached hydrogen (secondary N) is 1. The van der Waals surface area contributed by atoms with E-state index >= 15 is 0 Å². The average Bonchev–Trinajstić information content (AvgIpc) is 2.65. The topological polar surface area (TPSA) is 50.3 Å². The molecule has 16 heavy (non-hydrogen) atoms. The van der Waals surface area contributed by atoms with E-state index in [4.69, 9.17) is 4.74 Å². The Bertz CT molecular complexity index is 360. The molecular formula is C10H15FN4O. The molecular weight excluding hydrogens is 211 g/mol. The van der Waals surface area contributed by atoms with Crippen molar-refractivity contribution in [3.8, 4) is 0 Å². The van der Waals surface area contributed by atoms with Gasteiger partial charge in [0.15, 0.2) is 0 Å². The van der Waals surface area contributed by atoms with Crippen LogP contribution in [0.5, 0.6) is 0 Å². The second-order valence-electron chi connectivity index (χ2n) is 3.96. The number of halogens is 1. The van der Waals surface area contributed by atoms with Crippen molar-refractivity contribution in [2.24, 2.45) is 0 Å². The van der Waals surface area contributed by atoms with E-state index in [9.17, 15) is 4.39 Å². The molecule has 1 saturated heterocycles. The molecule has 2 atom stereocenters. The summed E-state index contributed by atoms with van der Waals surface area (Å²) in [5.41, 5.74) is 0. The summed E-state index contributed by atoms with van der Waals surface area (Å²) in [7, 11) is 3.78. The molecule has 1 aromatic rings. The molecule has 0 amide bonds. The fourth-order valence-corrected chi connectivity index (χ4v) is 1.52. The summed E-state index contributed by atoms with van der Waals surface area (Å²) in [6, 6.07) is 1.47. The zero-order chi connectivity index (χ0) is 11.5. The van der Waals surface area contributed by atoms with E-state index in [1.165, 1.54) is 6.33 Å². The minimum atomic E-state index is -0.974. The Morgan fingerprint density at radius 3 is 2.88 bits per heavy atom. The van der Waals surface area contributed by atoms with Gasteiger partial charge in [-0.25, -0.2) is 14.4 Å². The van der Waals surface area contributed by atoms with Crippen molar-refractivity contribution in [3.63, 3.8) is 0 Å². The lowest BCUT2D eigenvalue weighted by Crippen LogP contribution is -2.29. The summed E-state index contributed by atoms with van der Waals surface area (Å²) in [6.45, 7) is 0.533. The molecule has 0 bridgehead atoms. The van der Waals surface area contributed by atoms with E-state index in [2.05, 4.69) is 15.3 Å². The van der Waals surface area contributed by atoms with Crippen LogP contribution in [-0.2, 0) is 4.74 Å². The van der Waals surface area contributed by atoms with Gasteiger partial charge >= 0.3 is 0 Å². The maximum Gasteiger partial charge on any atom is 0.146 e. The Morgan fingerprint density at radius 1 is 1.44 bits per heavy atom. The lowest BCUT2D eigenvalue weighted by molar-refractivity contribution is 0.173. The van der Waals surface area contributed by atoms with Gasteiger partial charge in [-0.1, -0.05) is 0 Å². The highest BCUT2D eigenvalue weighted by atomic mass is 19.1. The number of rotatable bonds is 3.